The number of hydrogen-bond donors (Lipinski definition) is 1. The molecule has 2 nitrogen and oxygen atoms in total. The van der Waals surface area contributed by atoms with Gasteiger partial charge in [-0.3, -0.25) is 0 Å². The molecule has 1 aliphatic rings. The Labute approximate surface area is 106 Å². The lowest BCUT2D eigenvalue weighted by atomic mass is 10.1. The number of nitrogens with one attached hydrogen (secondary N) is 1. The molecule has 1 N–H and O–H groups in total. The van der Waals surface area contributed by atoms with Crippen molar-refractivity contribution in [3.05, 3.63) is 28.2 Å². The molecular formula is C13H19BrN2. The van der Waals surface area contributed by atoms with Crippen LogP contribution < -0.4 is 10.2 Å². The Balaban J connectivity index is 2.19. The predicted molar refractivity (Wildman–Crippen MR) is 73.2 cm³/mol. The van der Waals surface area contributed by atoms with Gasteiger partial charge in [0.2, 0.25) is 0 Å². The molecule has 1 aliphatic heterocycles. The van der Waals surface area contributed by atoms with Crippen LogP contribution in [0.2, 0.25) is 0 Å². The van der Waals surface area contributed by atoms with Gasteiger partial charge >= 0.3 is 0 Å². The highest BCUT2D eigenvalue weighted by Crippen LogP contribution is 2.24. The number of nitrogens with zero attached hydrogens (tertiary/aromatic N) is 1. The van der Waals surface area contributed by atoms with Gasteiger partial charge in [0.25, 0.3) is 0 Å². The first kappa shape index (κ1) is 11.9. The van der Waals surface area contributed by atoms with Gasteiger partial charge in [0, 0.05) is 35.3 Å². The molecule has 0 amide bonds. The lowest BCUT2D eigenvalue weighted by molar-refractivity contribution is 0.407. The molecule has 88 valence electrons. The highest BCUT2D eigenvalue weighted by Gasteiger charge is 2.21. The summed E-state index contributed by atoms with van der Waals surface area (Å²) in [7, 11) is 0. The van der Waals surface area contributed by atoms with Gasteiger partial charge in [-0.1, -0.05) is 22.0 Å². The molecule has 1 aromatic rings. The summed E-state index contributed by atoms with van der Waals surface area (Å²) >= 11 is 3.60. The minimum atomic E-state index is 0.559. The molecule has 0 spiro atoms. The number of halogens is 1. The molecule has 0 aliphatic carbocycles. The summed E-state index contributed by atoms with van der Waals surface area (Å²) in [4.78, 5) is 2.45. The Hall–Kier alpha value is -0.540. The van der Waals surface area contributed by atoms with E-state index in [9.17, 15) is 0 Å². The molecule has 2 atom stereocenters. The second kappa shape index (κ2) is 4.76. The first-order valence-electron chi connectivity index (χ1n) is 5.83. The smallest absolute Gasteiger partial charge is 0.0378 e. The second-order valence-corrected chi connectivity index (χ2v) is 5.66. The number of rotatable bonds is 1. The summed E-state index contributed by atoms with van der Waals surface area (Å²) in [5.74, 6) is 0. The summed E-state index contributed by atoms with van der Waals surface area (Å²) in [6.07, 6.45) is 0. The van der Waals surface area contributed by atoms with Gasteiger partial charge in [-0.25, -0.2) is 0 Å². The van der Waals surface area contributed by atoms with E-state index >= 15 is 0 Å². The number of hydrogen-bond acceptors (Lipinski definition) is 2. The third-order valence-corrected chi connectivity index (χ3v) is 3.93. The topological polar surface area (TPSA) is 15.3 Å². The fourth-order valence-corrected chi connectivity index (χ4v) is 2.68. The van der Waals surface area contributed by atoms with Crippen molar-refractivity contribution >= 4 is 21.6 Å². The van der Waals surface area contributed by atoms with E-state index in [-0.39, 0.29) is 0 Å². The van der Waals surface area contributed by atoms with E-state index in [4.69, 9.17) is 0 Å². The van der Waals surface area contributed by atoms with Gasteiger partial charge in [0.15, 0.2) is 0 Å². The van der Waals surface area contributed by atoms with Crippen LogP contribution in [0, 0.1) is 6.92 Å². The Morgan fingerprint density at radius 1 is 1.25 bits per heavy atom. The zero-order chi connectivity index (χ0) is 11.7. The molecular weight excluding hydrogens is 264 g/mol. The van der Waals surface area contributed by atoms with Gasteiger partial charge in [0.05, 0.1) is 0 Å². The Kier molecular flexibility index (Phi) is 3.55. The van der Waals surface area contributed by atoms with Crippen LogP contribution in [0.25, 0.3) is 0 Å². The fourth-order valence-electron chi connectivity index (χ4n) is 2.32. The molecule has 1 saturated heterocycles. The van der Waals surface area contributed by atoms with Crippen molar-refractivity contribution < 1.29 is 0 Å². The Morgan fingerprint density at radius 3 is 2.44 bits per heavy atom. The first-order chi connectivity index (χ1) is 7.56. The number of aryl methyl sites for hydroxylation is 1. The molecule has 2 unspecified atom stereocenters. The quantitative estimate of drug-likeness (QED) is 0.852. The van der Waals surface area contributed by atoms with Crippen LogP contribution >= 0.6 is 15.9 Å². The van der Waals surface area contributed by atoms with Crippen molar-refractivity contribution in [2.24, 2.45) is 0 Å². The maximum Gasteiger partial charge on any atom is 0.0378 e. The van der Waals surface area contributed by atoms with E-state index in [2.05, 4.69) is 65.1 Å². The third-order valence-electron chi connectivity index (χ3n) is 3.08. The summed E-state index contributed by atoms with van der Waals surface area (Å²) in [5.41, 5.74) is 2.61. The molecule has 0 radical (unpaired) electrons. The van der Waals surface area contributed by atoms with Crippen LogP contribution in [-0.4, -0.2) is 25.2 Å². The molecule has 2 rings (SSSR count). The molecule has 16 heavy (non-hydrogen) atoms. The van der Waals surface area contributed by atoms with Gasteiger partial charge in [-0.15, -0.1) is 0 Å². The van der Waals surface area contributed by atoms with E-state index in [1.165, 1.54) is 15.7 Å². The van der Waals surface area contributed by atoms with Crippen molar-refractivity contribution in [1.29, 1.82) is 0 Å². The SMILES string of the molecule is Cc1ccc(N2CC(C)NC(C)C2)cc1Br. The van der Waals surface area contributed by atoms with Gasteiger partial charge in [-0.05, 0) is 38.5 Å². The molecule has 3 heteroatoms. The summed E-state index contributed by atoms with van der Waals surface area (Å²) in [5, 5.41) is 3.55. The first-order valence-corrected chi connectivity index (χ1v) is 6.62. The largest absolute Gasteiger partial charge is 0.368 e. The number of benzene rings is 1. The van der Waals surface area contributed by atoms with Gasteiger partial charge in [-0.2, -0.15) is 0 Å². The molecule has 0 aromatic heterocycles. The average Bonchev–Trinajstić information content (AvgIpc) is 2.20. The van der Waals surface area contributed by atoms with Crippen LogP contribution in [0.1, 0.15) is 19.4 Å². The third kappa shape index (κ3) is 2.58. The van der Waals surface area contributed by atoms with Crippen molar-refractivity contribution in [2.75, 3.05) is 18.0 Å². The van der Waals surface area contributed by atoms with Gasteiger partial charge < -0.3 is 10.2 Å². The molecule has 1 fully saturated rings. The molecule has 1 heterocycles. The van der Waals surface area contributed by atoms with Crippen LogP contribution in [-0.2, 0) is 0 Å². The van der Waals surface area contributed by atoms with E-state index in [0.717, 1.165) is 13.1 Å². The zero-order valence-electron chi connectivity index (χ0n) is 10.1. The minimum absolute atomic E-state index is 0.559. The Bertz CT molecular complexity index is 368. The summed E-state index contributed by atoms with van der Waals surface area (Å²) in [6, 6.07) is 7.73. The zero-order valence-corrected chi connectivity index (χ0v) is 11.7. The maximum atomic E-state index is 3.60. The lowest BCUT2D eigenvalue weighted by Gasteiger charge is -2.37. The van der Waals surface area contributed by atoms with E-state index in [1.807, 2.05) is 0 Å². The molecule has 1 aromatic carbocycles. The van der Waals surface area contributed by atoms with Crippen molar-refractivity contribution in [3.8, 4) is 0 Å². The maximum absolute atomic E-state index is 3.60. The number of piperazine rings is 1. The summed E-state index contributed by atoms with van der Waals surface area (Å²) in [6.45, 7) is 8.77. The van der Waals surface area contributed by atoms with Crippen LogP contribution in [0.5, 0.6) is 0 Å². The van der Waals surface area contributed by atoms with E-state index in [0.29, 0.717) is 12.1 Å². The van der Waals surface area contributed by atoms with E-state index in [1.54, 1.807) is 0 Å². The van der Waals surface area contributed by atoms with E-state index < -0.39 is 0 Å². The lowest BCUT2D eigenvalue weighted by Crippen LogP contribution is -2.54. The molecule has 0 bridgehead atoms. The Morgan fingerprint density at radius 2 is 1.88 bits per heavy atom. The monoisotopic (exact) mass is 282 g/mol. The highest BCUT2D eigenvalue weighted by molar-refractivity contribution is 9.10. The van der Waals surface area contributed by atoms with Crippen molar-refractivity contribution in [1.82, 2.24) is 5.32 Å². The second-order valence-electron chi connectivity index (χ2n) is 4.81. The van der Waals surface area contributed by atoms with Crippen molar-refractivity contribution in [3.63, 3.8) is 0 Å². The molecule has 0 saturated carbocycles. The van der Waals surface area contributed by atoms with Gasteiger partial charge in [0.1, 0.15) is 0 Å². The normalized spacial score (nSPS) is 25.9. The highest BCUT2D eigenvalue weighted by atomic mass is 79.9. The van der Waals surface area contributed by atoms with Crippen LogP contribution in [0.4, 0.5) is 5.69 Å². The van der Waals surface area contributed by atoms with Crippen LogP contribution in [0.3, 0.4) is 0 Å². The van der Waals surface area contributed by atoms with Crippen molar-refractivity contribution in [2.45, 2.75) is 32.9 Å². The minimum Gasteiger partial charge on any atom is -0.368 e. The number of anilines is 1. The average molecular weight is 283 g/mol. The summed E-state index contributed by atoms with van der Waals surface area (Å²) < 4.78 is 1.20. The van der Waals surface area contributed by atoms with Crippen LogP contribution in [0.15, 0.2) is 22.7 Å². The standard InChI is InChI=1S/C13H19BrN2/c1-9-4-5-12(6-13(9)14)16-7-10(2)15-11(3)8-16/h4-6,10-11,15H,7-8H2,1-3H3. The fraction of sp³-hybridized carbons (Fsp3) is 0.538. The predicted octanol–water partition coefficient (Wildman–Crippen LogP) is 2.94.